The average Bonchev–Trinajstić information content (AvgIpc) is 2.44. The molecule has 0 unspecified atom stereocenters. The van der Waals surface area contributed by atoms with E-state index in [-0.39, 0.29) is 11.6 Å². The van der Waals surface area contributed by atoms with Crippen LogP contribution in [0.1, 0.15) is 18.4 Å². The lowest BCUT2D eigenvalue weighted by atomic mass is 9.96. The van der Waals surface area contributed by atoms with Gasteiger partial charge < -0.3 is 4.90 Å². The summed E-state index contributed by atoms with van der Waals surface area (Å²) in [5.74, 6) is 0.632. The van der Waals surface area contributed by atoms with E-state index in [0.717, 1.165) is 25.2 Å². The van der Waals surface area contributed by atoms with E-state index in [1.54, 1.807) is 12.1 Å². The van der Waals surface area contributed by atoms with Gasteiger partial charge in [-0.1, -0.05) is 12.1 Å². The van der Waals surface area contributed by atoms with Gasteiger partial charge in [0.15, 0.2) is 5.78 Å². The lowest BCUT2D eigenvalue weighted by Crippen LogP contribution is -2.37. The summed E-state index contributed by atoms with van der Waals surface area (Å²) in [5.41, 5.74) is 0.883. The van der Waals surface area contributed by atoms with E-state index in [1.165, 1.54) is 25.0 Å². The highest BCUT2D eigenvalue weighted by molar-refractivity contribution is 5.82. The lowest BCUT2D eigenvalue weighted by molar-refractivity contribution is -0.119. The number of halogens is 1. The van der Waals surface area contributed by atoms with Gasteiger partial charge in [-0.2, -0.15) is 0 Å². The van der Waals surface area contributed by atoms with Gasteiger partial charge in [0.2, 0.25) is 0 Å². The van der Waals surface area contributed by atoms with Crippen LogP contribution in [-0.4, -0.2) is 55.9 Å². The quantitative estimate of drug-likeness (QED) is 0.803. The van der Waals surface area contributed by atoms with Gasteiger partial charge in [-0.3, -0.25) is 9.69 Å². The SMILES string of the molecule is CN1CCC(CN(C)CC(=O)Cc2ccc(F)cc2)CC1. The van der Waals surface area contributed by atoms with Crippen molar-refractivity contribution in [3.8, 4) is 0 Å². The summed E-state index contributed by atoms with van der Waals surface area (Å²) >= 11 is 0. The van der Waals surface area contributed by atoms with Crippen molar-refractivity contribution in [2.24, 2.45) is 5.92 Å². The molecule has 1 aromatic carbocycles. The van der Waals surface area contributed by atoms with Crippen LogP contribution in [0.4, 0.5) is 4.39 Å². The second-order valence-electron chi connectivity index (χ2n) is 6.29. The molecule has 0 aliphatic carbocycles. The number of nitrogens with zero attached hydrogens (tertiary/aromatic N) is 2. The molecule has 3 nitrogen and oxygen atoms in total. The van der Waals surface area contributed by atoms with Crippen LogP contribution in [0.3, 0.4) is 0 Å². The van der Waals surface area contributed by atoms with Crippen LogP contribution >= 0.6 is 0 Å². The number of benzene rings is 1. The zero-order valence-electron chi connectivity index (χ0n) is 13.0. The monoisotopic (exact) mass is 292 g/mol. The predicted octanol–water partition coefficient (Wildman–Crippen LogP) is 2.21. The third-order valence-electron chi connectivity index (χ3n) is 4.17. The molecular formula is C17H25FN2O. The van der Waals surface area contributed by atoms with Crippen molar-refractivity contribution in [3.63, 3.8) is 0 Å². The average molecular weight is 292 g/mol. The Morgan fingerprint density at radius 2 is 1.90 bits per heavy atom. The van der Waals surface area contributed by atoms with Crippen LogP contribution in [0.2, 0.25) is 0 Å². The zero-order valence-corrected chi connectivity index (χ0v) is 13.0. The van der Waals surface area contributed by atoms with Crippen molar-refractivity contribution in [3.05, 3.63) is 35.6 Å². The molecule has 1 aliphatic heterocycles. The fraction of sp³-hybridized carbons (Fsp3) is 0.588. The third kappa shape index (κ3) is 5.56. The molecule has 1 heterocycles. The number of ketones is 1. The normalized spacial score (nSPS) is 17.3. The van der Waals surface area contributed by atoms with Crippen LogP contribution < -0.4 is 0 Å². The molecule has 0 N–H and O–H groups in total. The zero-order chi connectivity index (χ0) is 15.2. The van der Waals surface area contributed by atoms with Crippen molar-refractivity contribution in [1.82, 2.24) is 9.80 Å². The molecule has 4 heteroatoms. The van der Waals surface area contributed by atoms with E-state index in [4.69, 9.17) is 0 Å². The second kappa shape index (κ2) is 7.66. The molecule has 1 fully saturated rings. The molecule has 0 radical (unpaired) electrons. The van der Waals surface area contributed by atoms with Gasteiger partial charge in [-0.15, -0.1) is 0 Å². The van der Waals surface area contributed by atoms with Crippen molar-refractivity contribution >= 4 is 5.78 Å². The van der Waals surface area contributed by atoms with E-state index in [0.29, 0.717) is 18.9 Å². The van der Waals surface area contributed by atoms with E-state index < -0.39 is 0 Å². The Morgan fingerprint density at radius 3 is 2.52 bits per heavy atom. The molecule has 0 saturated carbocycles. The molecule has 1 aromatic rings. The first kappa shape index (κ1) is 16.1. The standard InChI is InChI=1S/C17H25FN2O/c1-19-9-7-15(8-10-19)12-20(2)13-17(21)11-14-3-5-16(18)6-4-14/h3-6,15H,7-13H2,1-2H3. The predicted molar refractivity (Wildman–Crippen MR) is 82.8 cm³/mol. The van der Waals surface area contributed by atoms with Crippen molar-refractivity contribution in [1.29, 1.82) is 0 Å². The highest BCUT2D eigenvalue weighted by Crippen LogP contribution is 2.16. The van der Waals surface area contributed by atoms with E-state index in [9.17, 15) is 9.18 Å². The Morgan fingerprint density at radius 1 is 1.29 bits per heavy atom. The molecule has 21 heavy (non-hydrogen) atoms. The first-order valence-corrected chi connectivity index (χ1v) is 7.66. The lowest BCUT2D eigenvalue weighted by Gasteiger charge is -2.31. The topological polar surface area (TPSA) is 23.6 Å². The highest BCUT2D eigenvalue weighted by Gasteiger charge is 2.19. The summed E-state index contributed by atoms with van der Waals surface area (Å²) in [4.78, 5) is 16.5. The van der Waals surface area contributed by atoms with Gasteiger partial charge >= 0.3 is 0 Å². The van der Waals surface area contributed by atoms with Crippen LogP contribution in [-0.2, 0) is 11.2 Å². The van der Waals surface area contributed by atoms with Gasteiger partial charge in [-0.05, 0) is 63.6 Å². The summed E-state index contributed by atoms with van der Waals surface area (Å²) in [5, 5.41) is 0. The first-order chi connectivity index (χ1) is 10.0. The molecule has 1 aliphatic rings. The number of piperidine rings is 1. The Hall–Kier alpha value is -1.26. The Bertz CT molecular complexity index is 452. The molecule has 2 rings (SSSR count). The number of hydrogen-bond acceptors (Lipinski definition) is 3. The highest BCUT2D eigenvalue weighted by atomic mass is 19.1. The van der Waals surface area contributed by atoms with Crippen molar-refractivity contribution in [2.45, 2.75) is 19.3 Å². The van der Waals surface area contributed by atoms with E-state index in [1.807, 2.05) is 7.05 Å². The van der Waals surface area contributed by atoms with Gasteiger partial charge in [0.1, 0.15) is 5.82 Å². The maximum atomic E-state index is 12.8. The molecule has 0 aromatic heterocycles. The molecule has 1 saturated heterocycles. The molecule has 0 spiro atoms. The molecular weight excluding hydrogens is 267 g/mol. The summed E-state index contributed by atoms with van der Waals surface area (Å²) in [6.45, 7) is 3.77. The maximum Gasteiger partial charge on any atom is 0.151 e. The number of carbonyl (C=O) groups is 1. The molecule has 116 valence electrons. The summed E-state index contributed by atoms with van der Waals surface area (Å²) < 4.78 is 12.8. The van der Waals surface area contributed by atoms with Gasteiger partial charge in [0, 0.05) is 13.0 Å². The minimum atomic E-state index is -0.259. The Labute approximate surface area is 126 Å². The fourth-order valence-electron chi connectivity index (χ4n) is 2.94. The van der Waals surface area contributed by atoms with Crippen LogP contribution in [0.25, 0.3) is 0 Å². The first-order valence-electron chi connectivity index (χ1n) is 7.66. The van der Waals surface area contributed by atoms with E-state index in [2.05, 4.69) is 16.8 Å². The van der Waals surface area contributed by atoms with Gasteiger partial charge in [0.05, 0.1) is 6.54 Å². The van der Waals surface area contributed by atoms with Crippen LogP contribution in [0.15, 0.2) is 24.3 Å². The summed E-state index contributed by atoms with van der Waals surface area (Å²) in [7, 11) is 4.17. The van der Waals surface area contributed by atoms with Crippen LogP contribution in [0.5, 0.6) is 0 Å². The minimum absolute atomic E-state index is 0.192. The number of hydrogen-bond donors (Lipinski definition) is 0. The summed E-state index contributed by atoms with van der Waals surface area (Å²) in [6, 6.07) is 6.18. The number of likely N-dealkylation sites (tertiary alicyclic amines) is 1. The second-order valence-corrected chi connectivity index (χ2v) is 6.29. The Balaban J connectivity index is 1.73. The molecule has 0 amide bonds. The smallest absolute Gasteiger partial charge is 0.151 e. The van der Waals surface area contributed by atoms with Crippen LogP contribution in [0, 0.1) is 11.7 Å². The van der Waals surface area contributed by atoms with Gasteiger partial charge in [-0.25, -0.2) is 4.39 Å². The fourth-order valence-corrected chi connectivity index (χ4v) is 2.94. The maximum absolute atomic E-state index is 12.8. The number of Topliss-reactive ketones (excluding diaryl/α,β-unsaturated/α-hetero) is 1. The third-order valence-corrected chi connectivity index (χ3v) is 4.17. The Kier molecular flexibility index (Phi) is 5.88. The van der Waals surface area contributed by atoms with Crippen molar-refractivity contribution < 1.29 is 9.18 Å². The summed E-state index contributed by atoms with van der Waals surface area (Å²) in [6.07, 6.45) is 2.82. The molecule has 0 atom stereocenters. The number of carbonyl (C=O) groups excluding carboxylic acids is 1. The number of rotatable bonds is 6. The van der Waals surface area contributed by atoms with E-state index >= 15 is 0 Å². The number of likely N-dealkylation sites (N-methyl/N-ethyl adjacent to an activating group) is 1. The van der Waals surface area contributed by atoms with Gasteiger partial charge in [0.25, 0.3) is 0 Å². The van der Waals surface area contributed by atoms with Crippen molar-refractivity contribution in [2.75, 3.05) is 40.3 Å². The minimum Gasteiger partial charge on any atom is -0.306 e. The largest absolute Gasteiger partial charge is 0.306 e. The molecule has 0 bridgehead atoms.